The number of anilines is 1. The fourth-order valence-corrected chi connectivity index (χ4v) is 2.37. The Kier molecular flexibility index (Phi) is 4.13. The highest BCUT2D eigenvalue weighted by molar-refractivity contribution is 5.81. The van der Waals surface area contributed by atoms with Gasteiger partial charge >= 0.3 is 0 Å². The number of amides is 1. The van der Waals surface area contributed by atoms with Gasteiger partial charge in [-0.2, -0.15) is 0 Å². The fraction of sp³-hybridized carbons (Fsp3) is 0.562. The van der Waals surface area contributed by atoms with Crippen LogP contribution in [0.5, 0.6) is 0 Å². The van der Waals surface area contributed by atoms with Gasteiger partial charge in [0.15, 0.2) is 0 Å². The van der Waals surface area contributed by atoms with Gasteiger partial charge in [-0.15, -0.1) is 0 Å². The van der Waals surface area contributed by atoms with Crippen molar-refractivity contribution >= 4 is 11.6 Å². The highest BCUT2D eigenvalue weighted by Crippen LogP contribution is 2.23. The van der Waals surface area contributed by atoms with E-state index in [1.54, 1.807) is 0 Å². The average Bonchev–Trinajstić information content (AvgIpc) is 2.84. The Bertz CT molecular complexity index is 422. The summed E-state index contributed by atoms with van der Waals surface area (Å²) in [4.78, 5) is 14.2. The molecule has 1 saturated heterocycles. The van der Waals surface area contributed by atoms with Gasteiger partial charge < -0.3 is 10.2 Å². The normalized spacial score (nSPS) is 19.5. The minimum atomic E-state index is -0.294. The van der Waals surface area contributed by atoms with Crippen molar-refractivity contribution in [2.75, 3.05) is 24.5 Å². The number of hydrogen-bond donors (Lipinski definition) is 1. The van der Waals surface area contributed by atoms with E-state index in [-0.39, 0.29) is 11.3 Å². The van der Waals surface area contributed by atoms with Crippen molar-refractivity contribution in [2.24, 2.45) is 11.3 Å². The van der Waals surface area contributed by atoms with E-state index in [4.69, 9.17) is 0 Å². The lowest BCUT2D eigenvalue weighted by atomic mass is 9.95. The monoisotopic (exact) mass is 260 g/mol. The molecular weight excluding hydrogens is 236 g/mol. The van der Waals surface area contributed by atoms with E-state index in [1.165, 1.54) is 5.69 Å². The number of carbonyl (C=O) groups excluding carboxylic acids is 1. The van der Waals surface area contributed by atoms with Crippen LogP contribution in [0.1, 0.15) is 27.2 Å². The molecule has 0 radical (unpaired) electrons. The minimum Gasteiger partial charge on any atom is -0.371 e. The van der Waals surface area contributed by atoms with Gasteiger partial charge in [0.2, 0.25) is 5.91 Å². The van der Waals surface area contributed by atoms with Crippen LogP contribution in [-0.2, 0) is 4.79 Å². The second-order valence-electron chi connectivity index (χ2n) is 6.40. The predicted molar refractivity (Wildman–Crippen MR) is 79.2 cm³/mol. The maximum Gasteiger partial charge on any atom is 0.225 e. The fourth-order valence-electron chi connectivity index (χ4n) is 2.37. The first kappa shape index (κ1) is 13.9. The van der Waals surface area contributed by atoms with Gasteiger partial charge in [0, 0.05) is 30.7 Å². The van der Waals surface area contributed by atoms with Gasteiger partial charge in [0.1, 0.15) is 0 Å². The first-order valence-corrected chi connectivity index (χ1v) is 7.05. The first-order chi connectivity index (χ1) is 8.97. The second-order valence-corrected chi connectivity index (χ2v) is 6.40. The van der Waals surface area contributed by atoms with Crippen LogP contribution in [0.15, 0.2) is 30.3 Å². The summed E-state index contributed by atoms with van der Waals surface area (Å²) in [5.41, 5.74) is 0.990. The van der Waals surface area contributed by atoms with Crippen LogP contribution in [0, 0.1) is 11.3 Å². The third kappa shape index (κ3) is 3.72. The number of carbonyl (C=O) groups is 1. The van der Waals surface area contributed by atoms with Crippen LogP contribution < -0.4 is 10.2 Å². The van der Waals surface area contributed by atoms with Crippen LogP contribution in [0.25, 0.3) is 0 Å². The van der Waals surface area contributed by atoms with Crippen molar-refractivity contribution in [3.05, 3.63) is 30.3 Å². The van der Waals surface area contributed by atoms with E-state index in [1.807, 2.05) is 26.8 Å². The number of rotatable bonds is 3. The third-order valence-corrected chi connectivity index (χ3v) is 3.64. The molecule has 1 aliphatic heterocycles. The molecule has 0 aromatic heterocycles. The topological polar surface area (TPSA) is 32.3 Å². The third-order valence-electron chi connectivity index (χ3n) is 3.64. The Hall–Kier alpha value is -1.51. The van der Waals surface area contributed by atoms with E-state index in [9.17, 15) is 4.79 Å². The summed E-state index contributed by atoms with van der Waals surface area (Å²) in [7, 11) is 0. The zero-order chi connectivity index (χ0) is 13.9. The summed E-state index contributed by atoms with van der Waals surface area (Å²) < 4.78 is 0. The molecule has 1 amide bonds. The molecule has 1 heterocycles. The molecule has 0 aliphatic carbocycles. The standard InChI is InChI=1S/C16H24N2O/c1-16(2,3)15(19)17-11-13-9-10-18(12-13)14-7-5-4-6-8-14/h4-8,13H,9-12H2,1-3H3,(H,17,19)/t13-/m1/s1. The van der Waals surface area contributed by atoms with Crippen LogP contribution >= 0.6 is 0 Å². The molecule has 104 valence electrons. The van der Waals surface area contributed by atoms with E-state index in [2.05, 4.69) is 34.5 Å². The van der Waals surface area contributed by atoms with Crippen molar-refractivity contribution in [1.82, 2.24) is 5.32 Å². The molecule has 0 spiro atoms. The minimum absolute atomic E-state index is 0.144. The molecule has 3 nitrogen and oxygen atoms in total. The maximum atomic E-state index is 11.8. The summed E-state index contributed by atoms with van der Waals surface area (Å²) in [6.45, 7) is 8.77. The largest absolute Gasteiger partial charge is 0.371 e. The van der Waals surface area contributed by atoms with Gasteiger partial charge in [0.25, 0.3) is 0 Å². The van der Waals surface area contributed by atoms with E-state index in [0.717, 1.165) is 26.1 Å². The van der Waals surface area contributed by atoms with Crippen molar-refractivity contribution in [1.29, 1.82) is 0 Å². The molecule has 19 heavy (non-hydrogen) atoms. The Labute approximate surface area is 116 Å². The second kappa shape index (κ2) is 5.64. The summed E-state index contributed by atoms with van der Waals surface area (Å²) in [6.07, 6.45) is 1.15. The number of para-hydroxylation sites is 1. The number of benzene rings is 1. The SMILES string of the molecule is CC(C)(C)C(=O)NC[C@H]1CCN(c2ccccc2)C1. The van der Waals surface area contributed by atoms with Crippen molar-refractivity contribution in [3.63, 3.8) is 0 Å². The predicted octanol–water partition coefficient (Wildman–Crippen LogP) is 2.68. The van der Waals surface area contributed by atoms with E-state index in [0.29, 0.717) is 5.92 Å². The van der Waals surface area contributed by atoms with Crippen molar-refractivity contribution in [2.45, 2.75) is 27.2 Å². The van der Waals surface area contributed by atoms with Gasteiger partial charge in [-0.25, -0.2) is 0 Å². The van der Waals surface area contributed by atoms with Crippen LogP contribution in [-0.4, -0.2) is 25.5 Å². The molecule has 3 heteroatoms. The van der Waals surface area contributed by atoms with Crippen LogP contribution in [0.4, 0.5) is 5.69 Å². The molecule has 1 aliphatic rings. The summed E-state index contributed by atoms with van der Waals surface area (Å²) in [5, 5.41) is 3.07. The summed E-state index contributed by atoms with van der Waals surface area (Å²) in [5.74, 6) is 0.706. The summed E-state index contributed by atoms with van der Waals surface area (Å²) in [6, 6.07) is 10.5. The molecule has 1 N–H and O–H groups in total. The zero-order valence-corrected chi connectivity index (χ0v) is 12.1. The molecule has 1 fully saturated rings. The highest BCUT2D eigenvalue weighted by Gasteiger charge is 2.25. The summed E-state index contributed by atoms with van der Waals surface area (Å²) >= 11 is 0. The molecule has 0 saturated carbocycles. The molecule has 0 unspecified atom stereocenters. The van der Waals surface area contributed by atoms with Gasteiger partial charge in [0.05, 0.1) is 0 Å². The Morgan fingerprint density at radius 2 is 2.00 bits per heavy atom. The maximum absolute atomic E-state index is 11.8. The van der Waals surface area contributed by atoms with Crippen LogP contribution in [0.2, 0.25) is 0 Å². The number of hydrogen-bond acceptors (Lipinski definition) is 2. The van der Waals surface area contributed by atoms with Gasteiger partial charge in [-0.1, -0.05) is 39.0 Å². The Morgan fingerprint density at radius 1 is 1.32 bits per heavy atom. The van der Waals surface area contributed by atoms with E-state index >= 15 is 0 Å². The Balaban J connectivity index is 1.82. The molecular formula is C16H24N2O. The Morgan fingerprint density at radius 3 is 2.63 bits per heavy atom. The lowest BCUT2D eigenvalue weighted by molar-refractivity contribution is -0.128. The smallest absolute Gasteiger partial charge is 0.225 e. The van der Waals surface area contributed by atoms with Crippen LogP contribution in [0.3, 0.4) is 0 Å². The molecule has 1 aromatic carbocycles. The van der Waals surface area contributed by atoms with Gasteiger partial charge in [-0.05, 0) is 24.5 Å². The quantitative estimate of drug-likeness (QED) is 0.906. The average molecular weight is 260 g/mol. The number of nitrogens with zero attached hydrogens (tertiary/aromatic N) is 1. The van der Waals surface area contributed by atoms with E-state index < -0.39 is 0 Å². The lowest BCUT2D eigenvalue weighted by Crippen LogP contribution is -2.38. The van der Waals surface area contributed by atoms with Crippen molar-refractivity contribution < 1.29 is 4.79 Å². The first-order valence-electron chi connectivity index (χ1n) is 7.05. The lowest BCUT2D eigenvalue weighted by Gasteiger charge is -2.21. The molecule has 1 atom stereocenters. The zero-order valence-electron chi connectivity index (χ0n) is 12.1. The van der Waals surface area contributed by atoms with Gasteiger partial charge in [-0.3, -0.25) is 4.79 Å². The highest BCUT2D eigenvalue weighted by atomic mass is 16.2. The van der Waals surface area contributed by atoms with Crippen molar-refractivity contribution in [3.8, 4) is 0 Å². The molecule has 0 bridgehead atoms. The number of nitrogens with one attached hydrogen (secondary N) is 1. The molecule has 1 aromatic rings. The molecule has 2 rings (SSSR count).